The van der Waals surface area contributed by atoms with Gasteiger partial charge in [-0.3, -0.25) is 4.68 Å². The van der Waals surface area contributed by atoms with Crippen molar-refractivity contribution in [1.82, 2.24) is 15.1 Å². The van der Waals surface area contributed by atoms with Crippen LogP contribution in [0.1, 0.15) is 63.6 Å². The van der Waals surface area contributed by atoms with Gasteiger partial charge in [-0.1, -0.05) is 19.3 Å². The van der Waals surface area contributed by atoms with Crippen LogP contribution in [-0.4, -0.2) is 16.3 Å². The lowest BCUT2D eigenvalue weighted by Crippen LogP contribution is -2.56. The number of hydrogen-bond donors (Lipinski definition) is 1. The molecule has 1 aromatic rings. The lowest BCUT2D eigenvalue weighted by Gasteiger charge is -2.52. The highest BCUT2D eigenvalue weighted by Gasteiger charge is 2.47. The summed E-state index contributed by atoms with van der Waals surface area (Å²) >= 11 is 0. The fourth-order valence-corrected chi connectivity index (χ4v) is 3.47. The van der Waals surface area contributed by atoms with Gasteiger partial charge in [0.1, 0.15) is 0 Å². The fourth-order valence-electron chi connectivity index (χ4n) is 3.47. The molecule has 1 N–H and O–H groups in total. The van der Waals surface area contributed by atoms with Gasteiger partial charge in [0, 0.05) is 35.8 Å². The molecule has 0 bridgehead atoms. The molecule has 1 saturated heterocycles. The quantitative estimate of drug-likeness (QED) is 0.851. The Morgan fingerprint density at radius 3 is 2.65 bits per heavy atom. The first-order valence-electron chi connectivity index (χ1n) is 6.99. The zero-order valence-electron chi connectivity index (χ0n) is 10.9. The number of nitrogens with zero attached hydrogens (tertiary/aromatic N) is 2. The predicted molar refractivity (Wildman–Crippen MR) is 68.9 cm³/mol. The zero-order valence-corrected chi connectivity index (χ0v) is 10.9. The third-order valence-corrected chi connectivity index (χ3v) is 4.60. The number of aromatic nitrogens is 2. The first kappa shape index (κ1) is 11.3. The van der Waals surface area contributed by atoms with Gasteiger partial charge in [-0.25, -0.2) is 0 Å². The Bertz CT molecular complexity index is 388. The first-order chi connectivity index (χ1) is 8.21. The summed E-state index contributed by atoms with van der Waals surface area (Å²) in [5.41, 5.74) is 1.95. The maximum Gasteiger partial charge on any atom is 0.0537 e. The second-order valence-electron chi connectivity index (χ2n) is 6.08. The summed E-state index contributed by atoms with van der Waals surface area (Å²) in [4.78, 5) is 0. The minimum atomic E-state index is 0.464. The maximum atomic E-state index is 4.47. The van der Waals surface area contributed by atoms with Crippen molar-refractivity contribution in [1.29, 1.82) is 0 Å². The SMILES string of the molecule is CC(C)n1cc([C@H]2NCC23CCCCC3)cn1. The van der Waals surface area contributed by atoms with E-state index in [0.29, 0.717) is 17.5 Å². The second kappa shape index (κ2) is 4.13. The Hall–Kier alpha value is -0.830. The molecule has 3 rings (SSSR count). The van der Waals surface area contributed by atoms with E-state index in [4.69, 9.17) is 0 Å². The molecular weight excluding hydrogens is 210 g/mol. The molecule has 1 spiro atoms. The molecule has 1 aliphatic heterocycles. The van der Waals surface area contributed by atoms with Crippen molar-refractivity contribution in [3.05, 3.63) is 18.0 Å². The molecule has 3 nitrogen and oxygen atoms in total. The van der Waals surface area contributed by atoms with E-state index in [2.05, 4.69) is 41.3 Å². The molecule has 0 amide bonds. The molecule has 17 heavy (non-hydrogen) atoms. The van der Waals surface area contributed by atoms with Crippen molar-refractivity contribution < 1.29 is 0 Å². The summed E-state index contributed by atoms with van der Waals surface area (Å²) in [6, 6.07) is 1.03. The monoisotopic (exact) mass is 233 g/mol. The van der Waals surface area contributed by atoms with Gasteiger partial charge in [-0.2, -0.15) is 5.10 Å². The lowest BCUT2D eigenvalue weighted by atomic mass is 9.63. The van der Waals surface area contributed by atoms with Crippen molar-refractivity contribution in [3.8, 4) is 0 Å². The van der Waals surface area contributed by atoms with Crippen LogP contribution in [0.5, 0.6) is 0 Å². The smallest absolute Gasteiger partial charge is 0.0537 e. The summed E-state index contributed by atoms with van der Waals surface area (Å²) < 4.78 is 2.08. The molecule has 1 saturated carbocycles. The maximum absolute atomic E-state index is 4.47. The Morgan fingerprint density at radius 2 is 2.12 bits per heavy atom. The van der Waals surface area contributed by atoms with Crippen LogP contribution in [0.3, 0.4) is 0 Å². The molecule has 0 radical (unpaired) electrons. The van der Waals surface area contributed by atoms with E-state index in [1.54, 1.807) is 0 Å². The zero-order chi connectivity index (χ0) is 11.9. The van der Waals surface area contributed by atoms with Crippen LogP contribution < -0.4 is 5.32 Å². The Labute approximate surface area is 104 Å². The topological polar surface area (TPSA) is 29.9 Å². The van der Waals surface area contributed by atoms with Crippen LogP contribution >= 0.6 is 0 Å². The molecule has 1 aromatic heterocycles. The standard InChI is InChI=1S/C14H23N3/c1-11(2)17-9-12(8-16-17)13-14(10-15-13)6-4-3-5-7-14/h8-9,11,13,15H,3-7,10H2,1-2H3/t13-/m1/s1. The summed E-state index contributed by atoms with van der Waals surface area (Å²) in [6.07, 6.45) is 11.4. The van der Waals surface area contributed by atoms with Crippen LogP contribution in [0.25, 0.3) is 0 Å². The van der Waals surface area contributed by atoms with Gasteiger partial charge >= 0.3 is 0 Å². The molecule has 94 valence electrons. The van der Waals surface area contributed by atoms with Gasteiger partial charge in [-0.05, 0) is 26.7 Å². The Balaban J connectivity index is 1.79. The molecule has 2 fully saturated rings. The number of rotatable bonds is 2. The lowest BCUT2D eigenvalue weighted by molar-refractivity contribution is 0.0360. The second-order valence-corrected chi connectivity index (χ2v) is 6.08. The van der Waals surface area contributed by atoms with Crippen LogP contribution in [0.2, 0.25) is 0 Å². The van der Waals surface area contributed by atoms with Crippen LogP contribution in [0.4, 0.5) is 0 Å². The van der Waals surface area contributed by atoms with Gasteiger partial charge in [0.15, 0.2) is 0 Å². The van der Waals surface area contributed by atoms with Crippen molar-refractivity contribution in [3.63, 3.8) is 0 Å². The van der Waals surface area contributed by atoms with Gasteiger partial charge in [0.05, 0.1) is 6.20 Å². The van der Waals surface area contributed by atoms with Crippen molar-refractivity contribution in [2.75, 3.05) is 6.54 Å². The summed E-state index contributed by atoms with van der Waals surface area (Å²) in [5, 5.41) is 8.09. The van der Waals surface area contributed by atoms with E-state index in [1.165, 1.54) is 44.2 Å². The highest BCUT2D eigenvalue weighted by atomic mass is 15.3. The summed E-state index contributed by atoms with van der Waals surface area (Å²) in [5.74, 6) is 0. The molecule has 0 unspecified atom stereocenters. The Morgan fingerprint density at radius 1 is 1.35 bits per heavy atom. The van der Waals surface area contributed by atoms with E-state index in [9.17, 15) is 0 Å². The van der Waals surface area contributed by atoms with Gasteiger partial charge in [0.2, 0.25) is 0 Å². The third kappa shape index (κ3) is 1.81. The molecule has 2 heterocycles. The van der Waals surface area contributed by atoms with Gasteiger partial charge in [0.25, 0.3) is 0 Å². The van der Waals surface area contributed by atoms with Crippen molar-refractivity contribution in [2.24, 2.45) is 5.41 Å². The molecule has 0 aromatic carbocycles. The minimum Gasteiger partial charge on any atom is -0.309 e. The molecular formula is C14H23N3. The average Bonchev–Trinajstić information content (AvgIpc) is 2.78. The van der Waals surface area contributed by atoms with Gasteiger partial charge in [-0.15, -0.1) is 0 Å². The van der Waals surface area contributed by atoms with E-state index < -0.39 is 0 Å². The van der Waals surface area contributed by atoms with Crippen LogP contribution in [0, 0.1) is 5.41 Å². The fraction of sp³-hybridized carbons (Fsp3) is 0.786. The number of hydrogen-bond acceptors (Lipinski definition) is 2. The molecule has 3 heteroatoms. The van der Waals surface area contributed by atoms with E-state index in [0.717, 1.165) is 0 Å². The van der Waals surface area contributed by atoms with Crippen LogP contribution in [0.15, 0.2) is 12.4 Å². The Kier molecular flexibility index (Phi) is 2.74. The van der Waals surface area contributed by atoms with Gasteiger partial charge < -0.3 is 5.32 Å². The number of nitrogens with one attached hydrogen (secondary N) is 1. The summed E-state index contributed by atoms with van der Waals surface area (Å²) in [7, 11) is 0. The van der Waals surface area contributed by atoms with E-state index >= 15 is 0 Å². The summed E-state index contributed by atoms with van der Waals surface area (Å²) in [6.45, 7) is 5.58. The predicted octanol–water partition coefficient (Wildman–Crippen LogP) is 3.06. The highest BCUT2D eigenvalue weighted by Crippen LogP contribution is 2.51. The largest absolute Gasteiger partial charge is 0.309 e. The minimum absolute atomic E-state index is 0.464. The molecule has 1 atom stereocenters. The first-order valence-corrected chi connectivity index (χ1v) is 6.99. The van der Waals surface area contributed by atoms with E-state index in [-0.39, 0.29) is 0 Å². The third-order valence-electron chi connectivity index (χ3n) is 4.60. The van der Waals surface area contributed by atoms with Crippen molar-refractivity contribution in [2.45, 2.75) is 58.0 Å². The average molecular weight is 233 g/mol. The molecule has 2 aliphatic rings. The van der Waals surface area contributed by atoms with Crippen LogP contribution in [-0.2, 0) is 0 Å². The normalized spacial score (nSPS) is 27.4. The van der Waals surface area contributed by atoms with E-state index in [1.807, 2.05) is 0 Å². The van der Waals surface area contributed by atoms with Crippen molar-refractivity contribution >= 4 is 0 Å². The highest BCUT2D eigenvalue weighted by molar-refractivity contribution is 5.20. The molecule has 1 aliphatic carbocycles.